The molecular weight excluding hydrogens is 274 g/mol. The molecule has 2 aromatic carbocycles. The Morgan fingerprint density at radius 1 is 1.14 bits per heavy atom. The number of hydrogen-bond acceptors (Lipinski definition) is 4. The number of aryl methyl sites for hydroxylation is 1. The van der Waals surface area contributed by atoms with Gasteiger partial charge >= 0.3 is 7.12 Å². The van der Waals surface area contributed by atoms with Crippen LogP contribution in [-0.4, -0.2) is 24.3 Å². The molecule has 4 nitrogen and oxygen atoms in total. The summed E-state index contributed by atoms with van der Waals surface area (Å²) in [4.78, 5) is 0. The Kier molecular flexibility index (Phi) is 4.83. The van der Waals surface area contributed by atoms with Gasteiger partial charge in [0, 0.05) is 11.6 Å². The standard InChI is InChI=1S/C15H16BFO4/c1-10-3-5-13(8-14(10)17)21-9-11-7-12(16(18)19)4-6-15(11)20-2/h3-8,18-19H,9H2,1-2H3. The van der Waals surface area contributed by atoms with Crippen LogP contribution in [0, 0.1) is 12.7 Å². The quantitative estimate of drug-likeness (QED) is 0.817. The van der Waals surface area contributed by atoms with Crippen molar-refractivity contribution in [3.05, 3.63) is 53.3 Å². The molecule has 0 aliphatic heterocycles. The van der Waals surface area contributed by atoms with Crippen molar-refractivity contribution < 1.29 is 23.9 Å². The average Bonchev–Trinajstić information content (AvgIpc) is 2.48. The summed E-state index contributed by atoms with van der Waals surface area (Å²) < 4.78 is 24.2. The van der Waals surface area contributed by atoms with Gasteiger partial charge in [0.1, 0.15) is 23.9 Å². The highest BCUT2D eigenvalue weighted by Gasteiger charge is 2.14. The van der Waals surface area contributed by atoms with Crippen LogP contribution in [0.25, 0.3) is 0 Å². The summed E-state index contributed by atoms with van der Waals surface area (Å²) in [6.07, 6.45) is 0. The van der Waals surface area contributed by atoms with Gasteiger partial charge in [-0.1, -0.05) is 18.2 Å². The minimum atomic E-state index is -1.56. The molecule has 0 atom stereocenters. The Bertz CT molecular complexity index is 631. The van der Waals surface area contributed by atoms with Gasteiger partial charge in [-0.3, -0.25) is 0 Å². The lowest BCUT2D eigenvalue weighted by molar-refractivity contribution is 0.295. The van der Waals surface area contributed by atoms with E-state index in [0.29, 0.717) is 28.1 Å². The lowest BCUT2D eigenvalue weighted by Gasteiger charge is -2.12. The number of rotatable bonds is 5. The van der Waals surface area contributed by atoms with E-state index in [2.05, 4.69) is 0 Å². The molecule has 0 saturated carbocycles. The van der Waals surface area contributed by atoms with E-state index in [1.54, 1.807) is 37.3 Å². The van der Waals surface area contributed by atoms with Crippen molar-refractivity contribution >= 4 is 12.6 Å². The second-order valence-electron chi connectivity index (χ2n) is 4.64. The SMILES string of the molecule is COc1ccc(B(O)O)cc1COc1ccc(C)c(F)c1. The smallest absolute Gasteiger partial charge is 0.488 e. The zero-order valence-corrected chi connectivity index (χ0v) is 11.8. The first kappa shape index (κ1) is 15.3. The van der Waals surface area contributed by atoms with E-state index in [4.69, 9.17) is 9.47 Å². The molecule has 0 radical (unpaired) electrons. The summed E-state index contributed by atoms with van der Waals surface area (Å²) in [5.41, 5.74) is 1.53. The Hall–Kier alpha value is -2.05. The average molecular weight is 290 g/mol. The molecule has 0 saturated heterocycles. The Labute approximate surface area is 122 Å². The summed E-state index contributed by atoms with van der Waals surface area (Å²) in [5, 5.41) is 18.4. The summed E-state index contributed by atoms with van der Waals surface area (Å²) in [5.74, 6) is 0.626. The Balaban J connectivity index is 2.17. The van der Waals surface area contributed by atoms with Crippen LogP contribution in [-0.2, 0) is 6.61 Å². The van der Waals surface area contributed by atoms with Gasteiger partial charge in [-0.2, -0.15) is 0 Å². The fraction of sp³-hybridized carbons (Fsp3) is 0.200. The van der Waals surface area contributed by atoms with Crippen LogP contribution in [0.1, 0.15) is 11.1 Å². The first-order chi connectivity index (χ1) is 10.0. The van der Waals surface area contributed by atoms with Crippen molar-refractivity contribution in [1.82, 2.24) is 0 Å². The molecular formula is C15H16BFO4. The topological polar surface area (TPSA) is 58.9 Å². The fourth-order valence-corrected chi connectivity index (χ4v) is 1.90. The molecule has 0 unspecified atom stereocenters. The van der Waals surface area contributed by atoms with E-state index in [-0.39, 0.29) is 12.4 Å². The molecule has 2 rings (SSSR count). The lowest BCUT2D eigenvalue weighted by atomic mass is 9.79. The fourth-order valence-electron chi connectivity index (χ4n) is 1.90. The van der Waals surface area contributed by atoms with Crippen LogP contribution in [0.2, 0.25) is 0 Å². The maximum Gasteiger partial charge on any atom is 0.488 e. The maximum atomic E-state index is 13.4. The monoisotopic (exact) mass is 290 g/mol. The molecule has 0 spiro atoms. The number of benzene rings is 2. The number of halogens is 1. The Morgan fingerprint density at radius 2 is 1.90 bits per heavy atom. The van der Waals surface area contributed by atoms with Crippen LogP contribution >= 0.6 is 0 Å². The van der Waals surface area contributed by atoms with Gasteiger partial charge in [-0.25, -0.2) is 4.39 Å². The first-order valence-electron chi connectivity index (χ1n) is 6.43. The van der Waals surface area contributed by atoms with Crippen molar-refractivity contribution in [3.63, 3.8) is 0 Å². The maximum absolute atomic E-state index is 13.4. The molecule has 2 aromatic rings. The van der Waals surface area contributed by atoms with Gasteiger partial charge in [0.15, 0.2) is 0 Å². The van der Waals surface area contributed by atoms with Crippen LogP contribution < -0.4 is 14.9 Å². The molecule has 0 aliphatic rings. The molecule has 0 bridgehead atoms. The minimum Gasteiger partial charge on any atom is -0.496 e. The normalized spacial score (nSPS) is 10.3. The molecule has 2 N–H and O–H groups in total. The van der Waals surface area contributed by atoms with Crippen LogP contribution in [0.5, 0.6) is 11.5 Å². The van der Waals surface area contributed by atoms with Gasteiger partial charge < -0.3 is 19.5 Å². The predicted molar refractivity (Wildman–Crippen MR) is 78.3 cm³/mol. The molecule has 0 fully saturated rings. The number of methoxy groups -OCH3 is 1. The highest BCUT2D eigenvalue weighted by Crippen LogP contribution is 2.21. The minimum absolute atomic E-state index is 0.131. The van der Waals surface area contributed by atoms with Crippen LogP contribution in [0.15, 0.2) is 36.4 Å². The highest BCUT2D eigenvalue weighted by molar-refractivity contribution is 6.58. The van der Waals surface area contributed by atoms with Gasteiger partial charge in [0.25, 0.3) is 0 Å². The second kappa shape index (κ2) is 6.60. The predicted octanol–water partition coefficient (Wildman–Crippen LogP) is 1.40. The Morgan fingerprint density at radius 3 is 2.52 bits per heavy atom. The zero-order chi connectivity index (χ0) is 15.4. The van der Waals surface area contributed by atoms with E-state index in [0.717, 1.165) is 0 Å². The van der Waals surface area contributed by atoms with Crippen molar-refractivity contribution in [2.75, 3.05) is 7.11 Å². The number of ether oxygens (including phenoxy) is 2. The third-order valence-corrected chi connectivity index (χ3v) is 3.14. The van der Waals surface area contributed by atoms with Crippen LogP contribution in [0.4, 0.5) is 4.39 Å². The van der Waals surface area contributed by atoms with E-state index >= 15 is 0 Å². The third kappa shape index (κ3) is 3.74. The van der Waals surface area contributed by atoms with Gasteiger partial charge in [-0.05, 0) is 30.1 Å². The molecule has 110 valence electrons. The summed E-state index contributed by atoms with van der Waals surface area (Å²) in [6, 6.07) is 9.38. The van der Waals surface area contributed by atoms with E-state index in [1.165, 1.54) is 13.2 Å². The van der Waals surface area contributed by atoms with Gasteiger partial charge in [0.05, 0.1) is 7.11 Å². The van der Waals surface area contributed by atoms with Gasteiger partial charge in [-0.15, -0.1) is 0 Å². The van der Waals surface area contributed by atoms with Crippen molar-refractivity contribution in [2.45, 2.75) is 13.5 Å². The molecule has 21 heavy (non-hydrogen) atoms. The molecule has 0 aromatic heterocycles. The molecule has 0 amide bonds. The van der Waals surface area contributed by atoms with Crippen molar-refractivity contribution in [3.8, 4) is 11.5 Å². The highest BCUT2D eigenvalue weighted by atomic mass is 19.1. The zero-order valence-electron chi connectivity index (χ0n) is 11.8. The van der Waals surface area contributed by atoms with Crippen molar-refractivity contribution in [1.29, 1.82) is 0 Å². The summed E-state index contributed by atoms with van der Waals surface area (Å²) >= 11 is 0. The van der Waals surface area contributed by atoms with Gasteiger partial charge in [0.2, 0.25) is 0 Å². The summed E-state index contributed by atoms with van der Waals surface area (Å²) in [6.45, 7) is 1.81. The largest absolute Gasteiger partial charge is 0.496 e. The number of hydrogen-bond donors (Lipinski definition) is 2. The lowest BCUT2D eigenvalue weighted by Crippen LogP contribution is -2.30. The second-order valence-corrected chi connectivity index (χ2v) is 4.64. The van der Waals surface area contributed by atoms with Crippen molar-refractivity contribution in [2.24, 2.45) is 0 Å². The van der Waals surface area contributed by atoms with E-state index in [9.17, 15) is 14.4 Å². The van der Waals surface area contributed by atoms with Crippen LogP contribution in [0.3, 0.4) is 0 Å². The van der Waals surface area contributed by atoms with E-state index in [1.807, 2.05) is 0 Å². The first-order valence-corrected chi connectivity index (χ1v) is 6.43. The third-order valence-electron chi connectivity index (χ3n) is 3.14. The summed E-state index contributed by atoms with van der Waals surface area (Å²) in [7, 11) is -0.0501. The molecule has 0 aliphatic carbocycles. The molecule has 6 heteroatoms. The van der Waals surface area contributed by atoms with E-state index < -0.39 is 7.12 Å². The molecule has 0 heterocycles.